The molecule has 0 saturated heterocycles. The van der Waals surface area contributed by atoms with E-state index in [4.69, 9.17) is 12.7 Å². The minimum absolute atomic E-state index is 0. The molecule has 364 valence electrons. The van der Waals surface area contributed by atoms with Gasteiger partial charge in [0.2, 0.25) is 0 Å². The molecule has 0 fully saturated rings. The van der Waals surface area contributed by atoms with Crippen LogP contribution in [0.1, 0.15) is 132 Å². The molecule has 0 atom stereocenters. The maximum atomic E-state index is 12.6. The second-order valence-electron chi connectivity index (χ2n) is 22.5. The maximum Gasteiger partial charge on any atom is 0.148 e. The third kappa shape index (κ3) is 10.4. The summed E-state index contributed by atoms with van der Waals surface area (Å²) < 4.78 is 20.2. The molecule has 2 aromatic heterocycles. The van der Waals surface area contributed by atoms with E-state index in [1.807, 2.05) is 52.1 Å². The van der Waals surface area contributed by atoms with Crippen molar-refractivity contribution in [3.63, 3.8) is 0 Å². The van der Waals surface area contributed by atoms with Crippen LogP contribution in [0.15, 0.2) is 158 Å². The van der Waals surface area contributed by atoms with Gasteiger partial charge in [0.1, 0.15) is 11.6 Å². The normalized spacial score (nSPS) is 12.9. The summed E-state index contributed by atoms with van der Waals surface area (Å²) in [6.45, 7) is 27.4. The Morgan fingerprint density at radius 2 is 1.11 bits per heavy atom. The summed E-state index contributed by atoms with van der Waals surface area (Å²) in [5.74, 6) is -0.834. The molecule has 0 spiro atoms. The smallest absolute Gasteiger partial charge is 0.148 e. The van der Waals surface area contributed by atoms with Gasteiger partial charge in [0.15, 0.2) is 0 Å². The minimum Gasteiger partial charge on any atom is -0.507 e. The van der Waals surface area contributed by atoms with Gasteiger partial charge < -0.3 is 5.11 Å². The quantitative estimate of drug-likeness (QED) is 0.147. The fraction of sp³-hybridized carbons (Fsp3) is 0.273. The molecule has 1 N–H and O–H groups in total. The van der Waals surface area contributed by atoms with Crippen LogP contribution < -0.4 is 0 Å². The second-order valence-corrected chi connectivity index (χ2v) is 22.5. The number of rotatable bonds is 9. The van der Waals surface area contributed by atoms with Crippen molar-refractivity contribution >= 4 is 11.0 Å². The Kier molecular flexibility index (Phi) is 13.4. The standard InChI is InChI=1S/C66H68N3O.Pt/c1-41(2)46-31-47(42(3)4)33-49(32-46)45-29-30-67-58(37-45)51-35-48(43-21-16-14-17-22-43)34-50(36-51)54-25-20-26-60-61(54)68-63(56-39-53(65(8,9)10)40-57(62(56)70)66(11,12)13)69(60)59-28-27-52(64(5,6)7)38-55(59)44-23-18-15-19-24-44;/h14-35,37-42,70H,1-13H3;/q-1;/i41D,42D;. The van der Waals surface area contributed by atoms with Crippen molar-refractivity contribution in [1.29, 1.82) is 0 Å². The predicted molar refractivity (Wildman–Crippen MR) is 296 cm³/mol. The molecule has 0 unspecified atom stereocenters. The summed E-state index contributed by atoms with van der Waals surface area (Å²) in [5.41, 5.74) is 16.9. The number of aromatic hydroxyl groups is 1. The molecule has 71 heavy (non-hydrogen) atoms. The molecule has 0 radical (unpaired) electrons. The molecular weight excluding hydrogens is 1050 g/mol. The number of phenols is 1. The summed E-state index contributed by atoms with van der Waals surface area (Å²) in [6.07, 6.45) is 1.84. The Bertz CT molecular complexity index is 3450. The molecular formula is C66H68N3OPt-. The molecule has 2 heterocycles. The largest absolute Gasteiger partial charge is 0.507 e. The summed E-state index contributed by atoms with van der Waals surface area (Å²) in [5, 5.41) is 12.6. The van der Waals surface area contributed by atoms with Gasteiger partial charge in [-0.3, -0.25) is 9.55 Å². The first kappa shape index (κ1) is 48.3. The zero-order valence-corrected chi connectivity index (χ0v) is 45.9. The van der Waals surface area contributed by atoms with Crippen molar-refractivity contribution in [3.8, 4) is 78.6 Å². The zero-order valence-electron chi connectivity index (χ0n) is 45.6. The van der Waals surface area contributed by atoms with Gasteiger partial charge in [0.25, 0.3) is 0 Å². The van der Waals surface area contributed by atoms with E-state index in [1.165, 1.54) is 5.56 Å². The molecule has 0 bridgehead atoms. The zero-order chi connectivity index (χ0) is 51.7. The molecule has 9 rings (SSSR count). The first-order valence-electron chi connectivity index (χ1n) is 25.6. The van der Waals surface area contributed by atoms with E-state index in [0.717, 1.165) is 94.7 Å². The van der Waals surface area contributed by atoms with Crippen LogP contribution >= 0.6 is 0 Å². The number of imidazole rings is 1. The average Bonchev–Trinajstić information content (AvgIpc) is 3.72. The van der Waals surface area contributed by atoms with E-state index in [-0.39, 0.29) is 43.1 Å². The van der Waals surface area contributed by atoms with Crippen molar-refractivity contribution in [2.75, 3.05) is 0 Å². The first-order chi connectivity index (χ1) is 33.8. The third-order valence-electron chi connectivity index (χ3n) is 13.6. The first-order valence-corrected chi connectivity index (χ1v) is 24.6. The van der Waals surface area contributed by atoms with E-state index >= 15 is 0 Å². The Balaban J connectivity index is 0.00000711. The van der Waals surface area contributed by atoms with Crippen molar-refractivity contribution < 1.29 is 28.9 Å². The fourth-order valence-electron chi connectivity index (χ4n) is 9.38. The maximum absolute atomic E-state index is 12.6. The Hall–Kier alpha value is -6.35. The van der Waals surface area contributed by atoms with E-state index < -0.39 is 11.8 Å². The molecule has 5 heteroatoms. The van der Waals surface area contributed by atoms with E-state index in [0.29, 0.717) is 11.4 Å². The van der Waals surface area contributed by atoms with E-state index in [2.05, 4.69) is 206 Å². The number of hydrogen-bond acceptors (Lipinski definition) is 3. The van der Waals surface area contributed by atoms with Crippen LogP contribution in [-0.2, 0) is 37.3 Å². The molecule has 7 aromatic carbocycles. The van der Waals surface area contributed by atoms with Crippen LogP contribution in [0, 0.1) is 6.07 Å². The van der Waals surface area contributed by atoms with Gasteiger partial charge in [-0.05, 0) is 103 Å². The molecule has 0 saturated carbocycles. The molecule has 0 amide bonds. The number of phenolic OH excluding ortho intramolecular Hbond substituents is 1. The number of pyridine rings is 1. The van der Waals surface area contributed by atoms with Crippen LogP contribution in [0.4, 0.5) is 0 Å². The minimum atomic E-state index is -0.853. The van der Waals surface area contributed by atoms with Gasteiger partial charge in [0.05, 0.1) is 22.3 Å². The van der Waals surface area contributed by atoms with Crippen LogP contribution in [0.2, 0.25) is 0 Å². The van der Waals surface area contributed by atoms with Crippen molar-refractivity contribution in [2.24, 2.45) is 0 Å². The third-order valence-corrected chi connectivity index (χ3v) is 13.6. The molecule has 0 aliphatic carbocycles. The number of hydrogen-bond donors (Lipinski definition) is 1. The van der Waals surface area contributed by atoms with Crippen molar-refractivity contribution in [3.05, 3.63) is 192 Å². The predicted octanol–water partition coefficient (Wildman–Crippen LogP) is 18.1. The Morgan fingerprint density at radius 1 is 0.521 bits per heavy atom. The van der Waals surface area contributed by atoms with Gasteiger partial charge in [-0.2, -0.15) is 0 Å². The molecule has 0 aliphatic rings. The van der Waals surface area contributed by atoms with E-state index in [9.17, 15) is 5.11 Å². The molecule has 0 aliphatic heterocycles. The van der Waals surface area contributed by atoms with Crippen LogP contribution in [-0.4, -0.2) is 19.6 Å². The molecule has 4 nitrogen and oxygen atoms in total. The Labute approximate surface area is 440 Å². The summed E-state index contributed by atoms with van der Waals surface area (Å²) in [6, 6.07) is 56.9. The van der Waals surface area contributed by atoms with Crippen LogP contribution in [0.25, 0.3) is 83.9 Å². The summed E-state index contributed by atoms with van der Waals surface area (Å²) in [7, 11) is 0. The van der Waals surface area contributed by atoms with E-state index in [1.54, 1.807) is 0 Å². The average molecular weight is 1120 g/mol. The van der Waals surface area contributed by atoms with Gasteiger partial charge in [-0.1, -0.05) is 216 Å². The van der Waals surface area contributed by atoms with Crippen LogP contribution in [0.5, 0.6) is 5.75 Å². The summed E-state index contributed by atoms with van der Waals surface area (Å²) in [4.78, 5) is 10.7. The van der Waals surface area contributed by atoms with Gasteiger partial charge in [-0.15, -0.1) is 23.8 Å². The van der Waals surface area contributed by atoms with Gasteiger partial charge >= 0.3 is 0 Å². The number of para-hydroxylation sites is 1. The molecule has 9 aromatic rings. The van der Waals surface area contributed by atoms with Crippen LogP contribution in [0.3, 0.4) is 0 Å². The number of nitrogens with zero attached hydrogens (tertiary/aromatic N) is 3. The van der Waals surface area contributed by atoms with Gasteiger partial charge in [0, 0.05) is 46.8 Å². The van der Waals surface area contributed by atoms with Gasteiger partial charge in [-0.25, -0.2) is 4.98 Å². The number of benzene rings is 7. The monoisotopic (exact) mass is 1120 g/mol. The number of fused-ring (bicyclic) bond motifs is 1. The fourth-order valence-corrected chi connectivity index (χ4v) is 9.38. The second kappa shape index (κ2) is 19.7. The van der Waals surface area contributed by atoms with Crippen molar-refractivity contribution in [2.45, 2.75) is 118 Å². The summed E-state index contributed by atoms with van der Waals surface area (Å²) >= 11 is 0. The number of aromatic nitrogens is 3. The Morgan fingerprint density at radius 3 is 1.72 bits per heavy atom. The van der Waals surface area contributed by atoms with Crippen molar-refractivity contribution in [1.82, 2.24) is 14.5 Å². The SMILES string of the molecule is [2H]C(C)(C)c1cc(-c2ccnc(-c3[c-]c(-c4cccc5c4nc(-c4cc(C(C)(C)C)cc(C(C)(C)C)c4O)n5-c4ccc(C(C)(C)C)cc4-c4ccccc4)cc(-c4ccccc4)c3)c2)cc(C([2H])(C)C)c1.[Pt]. The topological polar surface area (TPSA) is 50.9 Å².